The zero-order valence-electron chi connectivity index (χ0n) is 16.4. The Labute approximate surface area is 183 Å². The molecule has 13 heteroatoms. The van der Waals surface area contributed by atoms with Gasteiger partial charge in [-0.1, -0.05) is 18.2 Å². The summed E-state index contributed by atoms with van der Waals surface area (Å²) in [5.74, 6) is -0.397. The number of sulfonamides is 2. The van der Waals surface area contributed by atoms with Gasteiger partial charge in [-0.2, -0.15) is 0 Å². The lowest BCUT2D eigenvalue weighted by Crippen LogP contribution is -2.16. The first kappa shape index (κ1) is 22.8. The number of methoxy groups -OCH3 is 1. The highest BCUT2D eigenvalue weighted by Crippen LogP contribution is 2.30. The Hall–Kier alpha value is -3.84. The molecule has 0 spiro atoms. The van der Waals surface area contributed by atoms with Gasteiger partial charge in [0, 0.05) is 6.07 Å². The molecule has 0 atom stereocenters. The topological polar surface area (TPSA) is 165 Å². The SMILES string of the molecule is COc1ccccc1NS(=O)(=O)c1cccc(NS(=O)(=O)c2ccc(O)c([N+](=O)[O-])c2)c1. The van der Waals surface area contributed by atoms with Crippen LogP contribution in [0.3, 0.4) is 0 Å². The molecule has 3 N–H and O–H groups in total. The van der Waals surface area contributed by atoms with Gasteiger partial charge in [0.05, 0.1) is 33.2 Å². The Morgan fingerprint density at radius 2 is 1.53 bits per heavy atom. The second-order valence-corrected chi connectivity index (χ2v) is 9.71. The first-order valence-corrected chi connectivity index (χ1v) is 11.8. The third-order valence-corrected chi connectivity index (χ3v) is 6.94. The fourth-order valence-electron chi connectivity index (χ4n) is 2.69. The minimum atomic E-state index is -4.32. The number of nitrogens with one attached hydrogen (secondary N) is 2. The first-order valence-electron chi connectivity index (χ1n) is 8.79. The minimum absolute atomic E-state index is 0.0939. The van der Waals surface area contributed by atoms with Crippen LogP contribution in [0.2, 0.25) is 0 Å². The summed E-state index contributed by atoms with van der Waals surface area (Å²) < 4.78 is 60.4. The van der Waals surface area contributed by atoms with E-state index in [1.54, 1.807) is 18.2 Å². The molecule has 3 rings (SSSR count). The molecule has 0 saturated heterocycles. The lowest BCUT2D eigenvalue weighted by Gasteiger charge is -2.13. The smallest absolute Gasteiger partial charge is 0.312 e. The van der Waals surface area contributed by atoms with Gasteiger partial charge < -0.3 is 9.84 Å². The number of para-hydroxylation sites is 2. The number of phenols is 1. The van der Waals surface area contributed by atoms with Crippen LogP contribution in [0, 0.1) is 10.1 Å². The molecule has 0 amide bonds. The van der Waals surface area contributed by atoms with Crippen LogP contribution in [0.1, 0.15) is 0 Å². The lowest BCUT2D eigenvalue weighted by molar-refractivity contribution is -0.386. The highest BCUT2D eigenvalue weighted by molar-refractivity contribution is 7.93. The highest BCUT2D eigenvalue weighted by Gasteiger charge is 2.22. The average molecular weight is 479 g/mol. The van der Waals surface area contributed by atoms with Crippen molar-refractivity contribution in [3.63, 3.8) is 0 Å². The van der Waals surface area contributed by atoms with E-state index in [1.807, 2.05) is 0 Å². The second kappa shape index (κ2) is 8.72. The molecule has 0 aliphatic carbocycles. The molecule has 0 heterocycles. The molecule has 0 aliphatic rings. The van der Waals surface area contributed by atoms with Crippen molar-refractivity contribution >= 4 is 37.1 Å². The van der Waals surface area contributed by atoms with Gasteiger partial charge >= 0.3 is 5.69 Å². The molecular formula is C19H17N3O8S2. The van der Waals surface area contributed by atoms with Gasteiger partial charge in [-0.15, -0.1) is 0 Å². The van der Waals surface area contributed by atoms with Crippen molar-refractivity contribution in [3.8, 4) is 11.5 Å². The number of hydrogen-bond acceptors (Lipinski definition) is 8. The number of aromatic hydroxyl groups is 1. The van der Waals surface area contributed by atoms with E-state index in [4.69, 9.17) is 4.74 Å². The maximum atomic E-state index is 12.8. The van der Waals surface area contributed by atoms with Crippen LogP contribution < -0.4 is 14.2 Å². The number of nitrogens with zero attached hydrogens (tertiary/aromatic N) is 1. The van der Waals surface area contributed by atoms with Crippen molar-refractivity contribution in [3.05, 3.63) is 76.8 Å². The third kappa shape index (κ3) is 4.90. The van der Waals surface area contributed by atoms with Gasteiger partial charge in [-0.05, 0) is 42.5 Å². The Bertz CT molecular complexity index is 1390. The number of nitro benzene ring substituents is 1. The quantitative estimate of drug-likeness (QED) is 0.328. The number of anilines is 2. The Balaban J connectivity index is 1.90. The molecular weight excluding hydrogens is 462 g/mol. The van der Waals surface area contributed by atoms with Crippen molar-refractivity contribution in [1.29, 1.82) is 0 Å². The van der Waals surface area contributed by atoms with Gasteiger partial charge in [-0.25, -0.2) is 16.8 Å². The van der Waals surface area contributed by atoms with Crippen molar-refractivity contribution in [2.75, 3.05) is 16.6 Å². The summed E-state index contributed by atoms with van der Waals surface area (Å²) >= 11 is 0. The molecule has 168 valence electrons. The second-order valence-electron chi connectivity index (χ2n) is 6.35. The van der Waals surface area contributed by atoms with Crippen LogP contribution in [0.5, 0.6) is 11.5 Å². The fraction of sp³-hybridized carbons (Fsp3) is 0.0526. The molecule has 0 aromatic heterocycles. The summed E-state index contributed by atoms with van der Waals surface area (Å²) in [6, 6.07) is 13.9. The van der Waals surface area contributed by atoms with Gasteiger partial charge in [0.25, 0.3) is 20.0 Å². The van der Waals surface area contributed by atoms with E-state index in [-0.39, 0.29) is 16.3 Å². The molecule has 0 radical (unpaired) electrons. The van der Waals surface area contributed by atoms with E-state index in [2.05, 4.69) is 9.44 Å². The Morgan fingerprint density at radius 3 is 2.22 bits per heavy atom. The number of rotatable bonds is 8. The van der Waals surface area contributed by atoms with Crippen molar-refractivity contribution < 1.29 is 31.6 Å². The molecule has 32 heavy (non-hydrogen) atoms. The zero-order chi connectivity index (χ0) is 23.5. The molecule has 3 aromatic rings. The summed E-state index contributed by atoms with van der Waals surface area (Å²) in [5, 5.41) is 20.5. The predicted molar refractivity (Wildman–Crippen MR) is 116 cm³/mol. The largest absolute Gasteiger partial charge is 0.502 e. The molecule has 0 fully saturated rings. The van der Waals surface area contributed by atoms with E-state index in [9.17, 15) is 32.1 Å². The van der Waals surface area contributed by atoms with E-state index in [0.717, 1.165) is 18.2 Å². The predicted octanol–water partition coefficient (Wildman–Crippen LogP) is 2.91. The van der Waals surface area contributed by atoms with Crippen LogP contribution in [0.15, 0.2) is 76.5 Å². The van der Waals surface area contributed by atoms with Crippen LogP contribution in [-0.2, 0) is 20.0 Å². The van der Waals surface area contributed by atoms with Crippen molar-refractivity contribution in [2.24, 2.45) is 0 Å². The van der Waals surface area contributed by atoms with Gasteiger partial charge in [0.15, 0.2) is 5.75 Å². The molecule has 0 unspecified atom stereocenters. The van der Waals surface area contributed by atoms with Gasteiger partial charge in [0.1, 0.15) is 5.75 Å². The normalized spacial score (nSPS) is 11.5. The molecule has 11 nitrogen and oxygen atoms in total. The maximum Gasteiger partial charge on any atom is 0.312 e. The van der Waals surface area contributed by atoms with Crippen molar-refractivity contribution in [1.82, 2.24) is 0 Å². The summed E-state index contributed by atoms with van der Waals surface area (Å²) in [6.45, 7) is 0. The van der Waals surface area contributed by atoms with Crippen LogP contribution >= 0.6 is 0 Å². The van der Waals surface area contributed by atoms with Gasteiger partial charge in [0.2, 0.25) is 0 Å². The number of hydrogen-bond donors (Lipinski definition) is 3. The lowest BCUT2D eigenvalue weighted by atomic mass is 10.3. The Morgan fingerprint density at radius 1 is 0.875 bits per heavy atom. The van der Waals surface area contributed by atoms with E-state index < -0.39 is 41.3 Å². The number of ether oxygens (including phenoxy) is 1. The van der Waals surface area contributed by atoms with Crippen LogP contribution in [-0.4, -0.2) is 34.0 Å². The van der Waals surface area contributed by atoms with E-state index in [0.29, 0.717) is 11.8 Å². The molecule has 0 saturated carbocycles. The summed E-state index contributed by atoms with van der Waals surface area (Å²) in [6.07, 6.45) is 0. The summed E-state index contributed by atoms with van der Waals surface area (Å²) in [4.78, 5) is 9.31. The number of nitro groups is 1. The van der Waals surface area contributed by atoms with Crippen molar-refractivity contribution in [2.45, 2.75) is 9.79 Å². The zero-order valence-corrected chi connectivity index (χ0v) is 18.1. The molecule has 3 aromatic carbocycles. The Kier molecular flexibility index (Phi) is 6.23. The van der Waals surface area contributed by atoms with Gasteiger partial charge in [-0.3, -0.25) is 19.6 Å². The maximum absolute atomic E-state index is 12.8. The van der Waals surface area contributed by atoms with Crippen LogP contribution in [0.4, 0.5) is 17.1 Å². The van der Waals surface area contributed by atoms with E-state index >= 15 is 0 Å². The molecule has 0 bridgehead atoms. The average Bonchev–Trinajstić information content (AvgIpc) is 2.73. The standard InChI is InChI=1S/C19H17N3O8S2/c1-30-19-8-3-2-7-16(19)21-32(28,29)14-6-4-5-13(11-14)20-31(26,27)15-9-10-18(23)17(12-15)22(24)25/h2-12,20-21,23H,1H3. The monoisotopic (exact) mass is 479 g/mol. The first-order chi connectivity index (χ1) is 15.0. The minimum Gasteiger partial charge on any atom is -0.502 e. The number of benzene rings is 3. The molecule has 0 aliphatic heterocycles. The van der Waals surface area contributed by atoms with Crippen LogP contribution in [0.25, 0.3) is 0 Å². The summed E-state index contributed by atoms with van der Waals surface area (Å²) in [5.41, 5.74) is -0.689. The third-order valence-electron chi connectivity index (χ3n) is 4.20. The highest BCUT2D eigenvalue weighted by atomic mass is 32.2. The fourth-order valence-corrected chi connectivity index (χ4v) is 4.88. The summed E-state index contributed by atoms with van der Waals surface area (Å²) in [7, 11) is -7.03. The van der Waals surface area contributed by atoms with E-state index in [1.165, 1.54) is 31.4 Å². The number of phenolic OH excluding ortho intramolecular Hbond substituents is 1.